The molecular weight excluding hydrogens is 219 g/mol. The molecule has 2 aromatic rings. The van der Waals surface area contributed by atoms with Gasteiger partial charge in [-0.15, -0.1) is 24.0 Å². The van der Waals surface area contributed by atoms with Crippen LogP contribution in [-0.4, -0.2) is 9.55 Å². The Bertz CT molecular complexity index is 435. The normalized spacial score (nSPS) is 12.5. The van der Waals surface area contributed by atoms with Gasteiger partial charge >= 0.3 is 0 Å². The van der Waals surface area contributed by atoms with E-state index in [0.29, 0.717) is 0 Å². The number of hydrogen-bond acceptors (Lipinski definition) is 1. The first-order chi connectivity index (χ1) is 6.20. The minimum absolute atomic E-state index is 0. The van der Waals surface area contributed by atoms with Crippen LogP contribution in [0.1, 0.15) is 17.9 Å². The highest BCUT2D eigenvalue weighted by Crippen LogP contribution is 2.27. The number of alkyl halides is 1. The summed E-state index contributed by atoms with van der Waals surface area (Å²) in [7, 11) is 2.01. The van der Waals surface area contributed by atoms with Gasteiger partial charge in [0.25, 0.3) is 0 Å². The van der Waals surface area contributed by atoms with Crippen LogP contribution >= 0.6 is 24.0 Å². The summed E-state index contributed by atoms with van der Waals surface area (Å²) in [5, 5.41) is 1.21. The van der Waals surface area contributed by atoms with Crippen LogP contribution in [0.3, 0.4) is 0 Å². The Hall–Kier alpha value is -0.730. The lowest BCUT2D eigenvalue weighted by molar-refractivity contribution is 0.962. The lowest BCUT2D eigenvalue weighted by Crippen LogP contribution is -1.90. The van der Waals surface area contributed by atoms with Crippen molar-refractivity contribution >= 4 is 34.9 Å². The summed E-state index contributed by atoms with van der Waals surface area (Å²) in [6.07, 6.45) is 5.72. The fraction of sp³-hybridized carbons (Fsp3) is 0.300. The molecule has 1 unspecified atom stereocenters. The van der Waals surface area contributed by atoms with Crippen LogP contribution in [0.2, 0.25) is 0 Å². The first kappa shape index (κ1) is 11.3. The summed E-state index contributed by atoms with van der Waals surface area (Å²) >= 11 is 6.04. The first-order valence-corrected chi connectivity index (χ1v) is 4.67. The van der Waals surface area contributed by atoms with Crippen LogP contribution in [-0.2, 0) is 7.05 Å². The predicted molar refractivity (Wildman–Crippen MR) is 62.2 cm³/mol. The SMILES string of the molecule is CC(Cl)c1cncc2c1ccn2C.Cl. The Kier molecular flexibility index (Phi) is 3.40. The van der Waals surface area contributed by atoms with Crippen molar-refractivity contribution in [3.05, 3.63) is 30.2 Å². The van der Waals surface area contributed by atoms with E-state index in [2.05, 4.69) is 11.1 Å². The lowest BCUT2D eigenvalue weighted by Gasteiger charge is -2.04. The zero-order valence-corrected chi connectivity index (χ0v) is 9.64. The van der Waals surface area contributed by atoms with Crippen molar-refractivity contribution in [1.29, 1.82) is 0 Å². The molecule has 0 bridgehead atoms. The summed E-state index contributed by atoms with van der Waals surface area (Å²) in [4.78, 5) is 4.16. The molecule has 76 valence electrons. The number of nitrogens with zero attached hydrogens (tertiary/aromatic N) is 2. The van der Waals surface area contributed by atoms with E-state index < -0.39 is 0 Å². The smallest absolute Gasteiger partial charge is 0.0667 e. The van der Waals surface area contributed by atoms with E-state index in [-0.39, 0.29) is 17.8 Å². The minimum Gasteiger partial charge on any atom is -0.349 e. The molecule has 0 saturated carbocycles. The highest BCUT2D eigenvalue weighted by Gasteiger charge is 2.08. The van der Waals surface area contributed by atoms with Crippen LogP contribution in [0.15, 0.2) is 24.7 Å². The molecule has 0 amide bonds. The zero-order valence-electron chi connectivity index (χ0n) is 8.07. The predicted octanol–water partition coefficient (Wildman–Crippen LogP) is 3.29. The van der Waals surface area contributed by atoms with Gasteiger partial charge in [-0.2, -0.15) is 0 Å². The molecule has 1 atom stereocenters. The second-order valence-corrected chi connectivity index (χ2v) is 3.86. The van der Waals surface area contributed by atoms with Gasteiger partial charge in [0.15, 0.2) is 0 Å². The Morgan fingerprint density at radius 3 is 2.79 bits per heavy atom. The average molecular weight is 231 g/mol. The third-order valence-electron chi connectivity index (χ3n) is 2.27. The largest absolute Gasteiger partial charge is 0.349 e. The van der Waals surface area contributed by atoms with Gasteiger partial charge in [0.1, 0.15) is 0 Å². The van der Waals surface area contributed by atoms with Gasteiger partial charge in [-0.1, -0.05) is 0 Å². The molecule has 0 aliphatic rings. The number of hydrogen-bond donors (Lipinski definition) is 0. The number of aromatic nitrogens is 2. The molecule has 2 aromatic heterocycles. The molecule has 0 aliphatic heterocycles. The van der Waals surface area contributed by atoms with Crippen molar-refractivity contribution < 1.29 is 0 Å². The Morgan fingerprint density at radius 1 is 1.43 bits per heavy atom. The maximum atomic E-state index is 6.04. The average Bonchev–Trinajstić information content (AvgIpc) is 2.48. The van der Waals surface area contributed by atoms with Crippen molar-refractivity contribution in [1.82, 2.24) is 9.55 Å². The first-order valence-electron chi connectivity index (χ1n) is 4.23. The topological polar surface area (TPSA) is 17.8 Å². The maximum Gasteiger partial charge on any atom is 0.0667 e. The Balaban J connectivity index is 0.000000980. The van der Waals surface area contributed by atoms with E-state index in [1.807, 2.05) is 37.1 Å². The monoisotopic (exact) mass is 230 g/mol. The van der Waals surface area contributed by atoms with Crippen molar-refractivity contribution in [2.75, 3.05) is 0 Å². The maximum absolute atomic E-state index is 6.04. The standard InChI is InChI=1S/C10H11ClN2.ClH/c1-7(11)9-5-12-6-10-8(9)3-4-13(10)2;/h3-7H,1-2H3;1H. The number of pyridine rings is 1. The molecule has 0 fully saturated rings. The molecule has 0 N–H and O–H groups in total. The van der Waals surface area contributed by atoms with Crippen molar-refractivity contribution in [3.8, 4) is 0 Å². The van der Waals surface area contributed by atoms with E-state index in [1.165, 1.54) is 5.39 Å². The zero-order chi connectivity index (χ0) is 9.42. The second-order valence-electron chi connectivity index (χ2n) is 3.20. The van der Waals surface area contributed by atoms with Crippen molar-refractivity contribution in [2.24, 2.45) is 7.05 Å². The van der Waals surface area contributed by atoms with Gasteiger partial charge in [0, 0.05) is 24.8 Å². The Morgan fingerprint density at radius 2 is 2.14 bits per heavy atom. The van der Waals surface area contributed by atoms with Gasteiger partial charge in [-0.25, -0.2) is 0 Å². The van der Waals surface area contributed by atoms with Gasteiger partial charge in [-0.3, -0.25) is 4.98 Å². The lowest BCUT2D eigenvalue weighted by atomic mass is 10.1. The van der Waals surface area contributed by atoms with Gasteiger partial charge in [0.2, 0.25) is 0 Å². The molecule has 0 spiro atoms. The molecule has 4 heteroatoms. The van der Waals surface area contributed by atoms with Crippen LogP contribution < -0.4 is 0 Å². The minimum atomic E-state index is 0. The van der Waals surface area contributed by atoms with E-state index in [0.717, 1.165) is 11.1 Å². The van der Waals surface area contributed by atoms with E-state index in [4.69, 9.17) is 11.6 Å². The van der Waals surface area contributed by atoms with Crippen LogP contribution in [0.4, 0.5) is 0 Å². The van der Waals surface area contributed by atoms with E-state index >= 15 is 0 Å². The molecule has 0 aromatic carbocycles. The summed E-state index contributed by atoms with van der Waals surface area (Å²) in [5.74, 6) is 0. The third kappa shape index (κ3) is 1.72. The number of fused-ring (bicyclic) bond motifs is 1. The van der Waals surface area contributed by atoms with Crippen LogP contribution in [0.25, 0.3) is 10.9 Å². The summed E-state index contributed by atoms with van der Waals surface area (Å²) in [5.41, 5.74) is 2.23. The number of halogens is 2. The quantitative estimate of drug-likeness (QED) is 0.688. The van der Waals surface area contributed by atoms with E-state index in [9.17, 15) is 0 Å². The summed E-state index contributed by atoms with van der Waals surface area (Å²) < 4.78 is 2.05. The van der Waals surface area contributed by atoms with Gasteiger partial charge in [0.05, 0.1) is 17.1 Å². The van der Waals surface area contributed by atoms with Gasteiger partial charge < -0.3 is 4.57 Å². The molecule has 0 radical (unpaired) electrons. The van der Waals surface area contributed by atoms with Crippen LogP contribution in [0, 0.1) is 0 Å². The third-order valence-corrected chi connectivity index (χ3v) is 2.51. The number of rotatable bonds is 1. The number of aryl methyl sites for hydroxylation is 1. The fourth-order valence-electron chi connectivity index (χ4n) is 1.52. The summed E-state index contributed by atoms with van der Waals surface area (Å²) in [6, 6.07) is 2.07. The summed E-state index contributed by atoms with van der Waals surface area (Å²) in [6.45, 7) is 1.96. The van der Waals surface area contributed by atoms with Crippen molar-refractivity contribution in [3.63, 3.8) is 0 Å². The fourth-order valence-corrected chi connectivity index (χ4v) is 1.70. The van der Waals surface area contributed by atoms with Crippen molar-refractivity contribution in [2.45, 2.75) is 12.3 Å². The molecular formula is C10H12Cl2N2. The van der Waals surface area contributed by atoms with Gasteiger partial charge in [-0.05, 0) is 18.6 Å². The molecule has 2 heterocycles. The van der Waals surface area contributed by atoms with E-state index in [1.54, 1.807) is 0 Å². The highest BCUT2D eigenvalue weighted by atomic mass is 35.5. The van der Waals surface area contributed by atoms with Crippen LogP contribution in [0.5, 0.6) is 0 Å². The highest BCUT2D eigenvalue weighted by molar-refractivity contribution is 6.21. The Labute approximate surface area is 94.3 Å². The molecule has 14 heavy (non-hydrogen) atoms. The second kappa shape index (κ2) is 4.20. The molecule has 2 nitrogen and oxygen atoms in total. The molecule has 0 saturated heterocycles. The molecule has 0 aliphatic carbocycles. The molecule has 2 rings (SSSR count).